The summed E-state index contributed by atoms with van der Waals surface area (Å²) in [4.78, 5) is 2.60. The third-order valence-electron chi connectivity index (χ3n) is 8.89. The van der Waals surface area contributed by atoms with Crippen molar-refractivity contribution in [3.05, 3.63) is 95.1 Å². The van der Waals surface area contributed by atoms with Crippen molar-refractivity contribution in [2.24, 2.45) is 5.41 Å². The second-order valence-electron chi connectivity index (χ2n) is 11.1. The molecule has 0 saturated carbocycles. The number of hydrogen-bond donors (Lipinski definition) is 2. The number of phenols is 1. The van der Waals surface area contributed by atoms with E-state index in [1.807, 2.05) is 12.1 Å². The SMILES string of the molecule is Oc1ccc2c(c1)CCCC(c1ccccc1)=C2c1ccc(N2CCC3(CCCNCC3)CC2)cc1. The Labute approximate surface area is 215 Å². The Morgan fingerprint density at radius 2 is 1.53 bits per heavy atom. The number of piperidine rings is 1. The summed E-state index contributed by atoms with van der Waals surface area (Å²) in [6.07, 6.45) is 9.81. The number of aryl methyl sites for hydroxylation is 1. The van der Waals surface area contributed by atoms with Crippen LogP contribution in [0.25, 0.3) is 11.1 Å². The second-order valence-corrected chi connectivity index (χ2v) is 11.1. The van der Waals surface area contributed by atoms with E-state index >= 15 is 0 Å². The Hall–Kier alpha value is -3.04. The average molecular weight is 479 g/mol. The lowest BCUT2D eigenvalue weighted by molar-refractivity contribution is 0.191. The molecule has 6 rings (SSSR count). The Bertz CT molecular complexity index is 1210. The van der Waals surface area contributed by atoms with Gasteiger partial charge in [-0.3, -0.25) is 0 Å². The van der Waals surface area contributed by atoms with Gasteiger partial charge in [0.25, 0.3) is 0 Å². The molecule has 1 spiro atoms. The van der Waals surface area contributed by atoms with Crippen molar-refractivity contribution in [2.45, 2.75) is 51.4 Å². The topological polar surface area (TPSA) is 35.5 Å². The molecule has 2 fully saturated rings. The van der Waals surface area contributed by atoms with E-state index in [-0.39, 0.29) is 0 Å². The number of anilines is 1. The van der Waals surface area contributed by atoms with Crippen LogP contribution in [-0.2, 0) is 6.42 Å². The van der Waals surface area contributed by atoms with Gasteiger partial charge in [0.2, 0.25) is 0 Å². The van der Waals surface area contributed by atoms with Crippen molar-refractivity contribution in [1.29, 1.82) is 0 Å². The van der Waals surface area contributed by atoms with Gasteiger partial charge in [0.05, 0.1) is 0 Å². The van der Waals surface area contributed by atoms with Crippen LogP contribution in [0.4, 0.5) is 5.69 Å². The van der Waals surface area contributed by atoms with Crippen molar-refractivity contribution in [1.82, 2.24) is 5.32 Å². The van der Waals surface area contributed by atoms with Gasteiger partial charge in [0.15, 0.2) is 0 Å². The first-order chi connectivity index (χ1) is 17.7. The van der Waals surface area contributed by atoms with Crippen molar-refractivity contribution >= 4 is 16.8 Å². The third kappa shape index (κ3) is 4.69. The molecule has 186 valence electrons. The number of phenolic OH excluding ortho intramolecular Hbond substituents is 1. The molecule has 0 aromatic heterocycles. The number of nitrogens with zero attached hydrogens (tertiary/aromatic N) is 1. The molecular weight excluding hydrogens is 440 g/mol. The largest absolute Gasteiger partial charge is 0.508 e. The van der Waals surface area contributed by atoms with Crippen LogP contribution in [0.15, 0.2) is 72.8 Å². The van der Waals surface area contributed by atoms with Gasteiger partial charge in [-0.1, -0.05) is 48.5 Å². The monoisotopic (exact) mass is 478 g/mol. The number of hydrogen-bond acceptors (Lipinski definition) is 3. The minimum absolute atomic E-state index is 0.360. The number of benzene rings is 3. The zero-order chi connectivity index (χ0) is 24.4. The molecular formula is C33H38N2O. The number of aromatic hydroxyl groups is 1. The molecule has 3 nitrogen and oxygen atoms in total. The van der Waals surface area contributed by atoms with E-state index in [9.17, 15) is 5.11 Å². The normalized spacial score (nSPS) is 20.1. The third-order valence-corrected chi connectivity index (χ3v) is 8.89. The summed E-state index contributed by atoms with van der Waals surface area (Å²) in [6.45, 7) is 4.71. The van der Waals surface area contributed by atoms with Gasteiger partial charge < -0.3 is 15.3 Å². The number of fused-ring (bicyclic) bond motifs is 1. The van der Waals surface area contributed by atoms with Gasteiger partial charge in [0, 0.05) is 18.8 Å². The second kappa shape index (κ2) is 10.1. The van der Waals surface area contributed by atoms with E-state index in [0.29, 0.717) is 11.2 Å². The molecule has 2 heterocycles. The zero-order valence-corrected chi connectivity index (χ0v) is 21.3. The standard InChI is InChI=1S/C33H38N2O/c36-29-14-15-31-27(24-29)8-4-9-30(25-6-2-1-3-7-25)32(31)26-10-12-28(13-11-26)35-22-18-33(19-23-35)16-5-20-34-21-17-33/h1-3,6-7,10-15,24,34,36H,4-5,8-9,16-23H2. The number of rotatable bonds is 3. The summed E-state index contributed by atoms with van der Waals surface area (Å²) in [5, 5.41) is 13.8. The van der Waals surface area contributed by atoms with Gasteiger partial charge in [-0.25, -0.2) is 0 Å². The molecule has 3 aliphatic rings. The fourth-order valence-corrected chi connectivity index (χ4v) is 6.80. The van der Waals surface area contributed by atoms with Crippen molar-refractivity contribution in [3.8, 4) is 5.75 Å². The highest BCUT2D eigenvalue weighted by Crippen LogP contribution is 2.43. The molecule has 0 radical (unpaired) electrons. The molecule has 0 bridgehead atoms. The Morgan fingerprint density at radius 1 is 0.722 bits per heavy atom. The summed E-state index contributed by atoms with van der Waals surface area (Å²) in [7, 11) is 0. The van der Waals surface area contributed by atoms with Gasteiger partial charge in [-0.05, 0) is 128 Å². The van der Waals surface area contributed by atoms with Crippen molar-refractivity contribution in [2.75, 3.05) is 31.1 Å². The summed E-state index contributed by atoms with van der Waals surface area (Å²) in [5.41, 5.74) is 9.73. The van der Waals surface area contributed by atoms with Gasteiger partial charge in [-0.2, -0.15) is 0 Å². The van der Waals surface area contributed by atoms with Crippen molar-refractivity contribution in [3.63, 3.8) is 0 Å². The maximum Gasteiger partial charge on any atom is 0.115 e. The average Bonchev–Trinajstić information content (AvgIpc) is 3.26. The van der Waals surface area contributed by atoms with Crippen LogP contribution in [0.2, 0.25) is 0 Å². The van der Waals surface area contributed by atoms with Crippen molar-refractivity contribution < 1.29 is 5.11 Å². The molecule has 2 aliphatic heterocycles. The fourth-order valence-electron chi connectivity index (χ4n) is 6.80. The smallest absolute Gasteiger partial charge is 0.115 e. The molecule has 2 saturated heterocycles. The Morgan fingerprint density at radius 3 is 2.33 bits per heavy atom. The quantitative estimate of drug-likeness (QED) is 0.423. The van der Waals surface area contributed by atoms with Crippen LogP contribution in [0, 0.1) is 5.41 Å². The Kier molecular flexibility index (Phi) is 6.58. The number of nitrogens with one attached hydrogen (secondary N) is 1. The van der Waals surface area contributed by atoms with Crippen LogP contribution in [0.3, 0.4) is 0 Å². The van der Waals surface area contributed by atoms with E-state index in [1.54, 1.807) is 0 Å². The molecule has 36 heavy (non-hydrogen) atoms. The molecule has 0 amide bonds. The lowest BCUT2D eigenvalue weighted by Gasteiger charge is -2.42. The first kappa shape index (κ1) is 23.4. The maximum atomic E-state index is 10.2. The van der Waals surface area contributed by atoms with Gasteiger partial charge >= 0.3 is 0 Å². The van der Waals surface area contributed by atoms with Crippen LogP contribution in [0.1, 0.15) is 67.2 Å². The number of allylic oxidation sites excluding steroid dienone is 1. The zero-order valence-electron chi connectivity index (χ0n) is 21.3. The van der Waals surface area contributed by atoms with E-state index < -0.39 is 0 Å². The molecule has 3 aromatic rings. The first-order valence-corrected chi connectivity index (χ1v) is 13.9. The van der Waals surface area contributed by atoms with E-state index in [4.69, 9.17) is 0 Å². The molecule has 0 atom stereocenters. The van der Waals surface area contributed by atoms with E-state index in [2.05, 4.69) is 70.9 Å². The van der Waals surface area contributed by atoms with Crippen LogP contribution in [-0.4, -0.2) is 31.3 Å². The van der Waals surface area contributed by atoms with Crippen LogP contribution < -0.4 is 10.2 Å². The summed E-state index contributed by atoms with van der Waals surface area (Å²) in [5.74, 6) is 0.360. The van der Waals surface area contributed by atoms with E-state index in [1.165, 1.54) is 97.4 Å². The molecule has 0 unspecified atom stereocenters. The van der Waals surface area contributed by atoms with Gasteiger partial charge in [0.1, 0.15) is 5.75 Å². The molecule has 2 N–H and O–H groups in total. The highest BCUT2D eigenvalue weighted by molar-refractivity contribution is 6.00. The predicted molar refractivity (Wildman–Crippen MR) is 150 cm³/mol. The maximum absolute atomic E-state index is 10.2. The molecule has 3 aromatic carbocycles. The highest BCUT2D eigenvalue weighted by atomic mass is 16.3. The first-order valence-electron chi connectivity index (χ1n) is 13.9. The fraction of sp³-hybridized carbons (Fsp3) is 0.394. The minimum Gasteiger partial charge on any atom is -0.508 e. The lowest BCUT2D eigenvalue weighted by Crippen LogP contribution is -2.40. The molecule has 3 heteroatoms. The van der Waals surface area contributed by atoms with Crippen LogP contribution >= 0.6 is 0 Å². The summed E-state index contributed by atoms with van der Waals surface area (Å²) in [6, 6.07) is 26.1. The highest BCUT2D eigenvalue weighted by Gasteiger charge is 2.34. The molecule has 1 aliphatic carbocycles. The predicted octanol–water partition coefficient (Wildman–Crippen LogP) is 7.05. The van der Waals surface area contributed by atoms with Crippen LogP contribution in [0.5, 0.6) is 5.75 Å². The van der Waals surface area contributed by atoms with E-state index in [0.717, 1.165) is 19.3 Å². The Balaban J connectivity index is 1.32. The van der Waals surface area contributed by atoms with Gasteiger partial charge in [-0.15, -0.1) is 0 Å². The lowest BCUT2D eigenvalue weighted by atomic mass is 9.73. The summed E-state index contributed by atoms with van der Waals surface area (Å²) < 4.78 is 0. The summed E-state index contributed by atoms with van der Waals surface area (Å²) >= 11 is 0. The minimum atomic E-state index is 0.360.